The van der Waals surface area contributed by atoms with Gasteiger partial charge in [0.25, 0.3) is 0 Å². The van der Waals surface area contributed by atoms with E-state index in [-0.39, 0.29) is 6.61 Å². The van der Waals surface area contributed by atoms with Gasteiger partial charge >= 0.3 is 0 Å². The number of aromatic nitrogens is 1. The van der Waals surface area contributed by atoms with Gasteiger partial charge < -0.3 is 10.1 Å². The van der Waals surface area contributed by atoms with Crippen LogP contribution in [0.5, 0.6) is 0 Å². The van der Waals surface area contributed by atoms with Gasteiger partial charge in [-0.3, -0.25) is 0 Å². The van der Waals surface area contributed by atoms with Gasteiger partial charge in [-0.25, -0.2) is 0 Å². The van der Waals surface area contributed by atoms with Gasteiger partial charge in [0.15, 0.2) is 0 Å². The number of halogens is 2. The van der Waals surface area contributed by atoms with Gasteiger partial charge in [-0.1, -0.05) is 23.2 Å². The van der Waals surface area contributed by atoms with Gasteiger partial charge in [0.2, 0.25) is 0 Å². The second-order valence-corrected chi connectivity index (χ2v) is 3.58. The number of nitrogens with one attached hydrogen (secondary N) is 1. The third-order valence-corrected chi connectivity index (χ3v) is 2.53. The fraction of sp³-hybridized carbons (Fsp3) is 0.111. The standard InChI is InChI=1S/C9H7Cl2NO/c10-5-1-2-8-6(3-5)7(4-13)9(11)12-8/h1-3,12-13H,4H2. The molecular weight excluding hydrogens is 209 g/mol. The zero-order chi connectivity index (χ0) is 9.42. The first-order valence-corrected chi connectivity index (χ1v) is 4.54. The Morgan fingerprint density at radius 2 is 2.08 bits per heavy atom. The van der Waals surface area contributed by atoms with E-state index in [9.17, 15) is 0 Å². The van der Waals surface area contributed by atoms with Crippen molar-refractivity contribution >= 4 is 34.1 Å². The maximum Gasteiger partial charge on any atom is 0.112 e. The summed E-state index contributed by atoms with van der Waals surface area (Å²) < 4.78 is 0. The van der Waals surface area contributed by atoms with E-state index in [1.807, 2.05) is 6.07 Å². The summed E-state index contributed by atoms with van der Waals surface area (Å²) in [5.74, 6) is 0. The fourth-order valence-corrected chi connectivity index (χ4v) is 1.78. The van der Waals surface area contributed by atoms with Crippen LogP contribution >= 0.6 is 23.2 Å². The van der Waals surface area contributed by atoms with E-state index in [1.165, 1.54) is 0 Å². The Hall–Kier alpha value is -0.700. The van der Waals surface area contributed by atoms with Gasteiger partial charge in [-0.15, -0.1) is 0 Å². The van der Waals surface area contributed by atoms with Gasteiger partial charge in [0.05, 0.1) is 6.61 Å². The Morgan fingerprint density at radius 3 is 2.77 bits per heavy atom. The maximum absolute atomic E-state index is 9.05. The number of aliphatic hydroxyl groups excluding tert-OH is 1. The largest absolute Gasteiger partial charge is 0.392 e. The van der Waals surface area contributed by atoms with Gasteiger partial charge in [-0.2, -0.15) is 0 Å². The predicted octanol–water partition coefficient (Wildman–Crippen LogP) is 2.97. The van der Waals surface area contributed by atoms with E-state index < -0.39 is 0 Å². The van der Waals surface area contributed by atoms with E-state index in [1.54, 1.807) is 12.1 Å². The average Bonchev–Trinajstić information content (AvgIpc) is 2.40. The number of hydrogen-bond acceptors (Lipinski definition) is 1. The van der Waals surface area contributed by atoms with Crippen LogP contribution in [0.4, 0.5) is 0 Å². The number of aliphatic hydroxyl groups is 1. The summed E-state index contributed by atoms with van der Waals surface area (Å²) in [4.78, 5) is 2.95. The molecule has 0 aliphatic carbocycles. The summed E-state index contributed by atoms with van der Waals surface area (Å²) in [7, 11) is 0. The Labute approximate surface area is 85.1 Å². The highest BCUT2D eigenvalue weighted by molar-refractivity contribution is 6.33. The van der Waals surface area contributed by atoms with Crippen molar-refractivity contribution in [2.45, 2.75) is 6.61 Å². The molecule has 4 heteroatoms. The smallest absolute Gasteiger partial charge is 0.112 e. The summed E-state index contributed by atoms with van der Waals surface area (Å²) in [6, 6.07) is 5.39. The second-order valence-electron chi connectivity index (χ2n) is 2.77. The van der Waals surface area contributed by atoms with Crippen molar-refractivity contribution in [3.05, 3.63) is 33.9 Å². The lowest BCUT2D eigenvalue weighted by atomic mass is 10.2. The van der Waals surface area contributed by atoms with E-state index in [2.05, 4.69) is 4.98 Å². The number of H-pyrrole nitrogens is 1. The molecule has 2 nitrogen and oxygen atoms in total. The van der Waals surface area contributed by atoms with Crippen LogP contribution in [0.1, 0.15) is 5.56 Å². The number of hydrogen-bond donors (Lipinski definition) is 2. The summed E-state index contributed by atoms with van der Waals surface area (Å²) in [5.41, 5.74) is 1.58. The minimum absolute atomic E-state index is 0.0842. The predicted molar refractivity (Wildman–Crippen MR) is 54.2 cm³/mol. The van der Waals surface area contributed by atoms with Crippen LogP contribution in [0.25, 0.3) is 10.9 Å². The quantitative estimate of drug-likeness (QED) is 0.755. The number of fused-ring (bicyclic) bond motifs is 1. The summed E-state index contributed by atoms with van der Waals surface area (Å²) in [5, 5.41) is 11.0. The number of benzene rings is 1. The first kappa shape index (κ1) is 8.88. The van der Waals surface area contributed by atoms with Crippen molar-refractivity contribution in [1.82, 2.24) is 4.98 Å². The zero-order valence-electron chi connectivity index (χ0n) is 6.64. The van der Waals surface area contributed by atoms with E-state index in [0.717, 1.165) is 10.9 Å². The van der Waals surface area contributed by atoms with Gasteiger partial charge in [0.1, 0.15) is 5.15 Å². The highest BCUT2D eigenvalue weighted by atomic mass is 35.5. The summed E-state index contributed by atoms with van der Waals surface area (Å²) in [6.45, 7) is -0.0842. The van der Waals surface area contributed by atoms with Gasteiger partial charge in [0, 0.05) is 21.5 Å². The van der Waals surface area contributed by atoms with E-state index in [4.69, 9.17) is 28.3 Å². The summed E-state index contributed by atoms with van der Waals surface area (Å²) in [6.07, 6.45) is 0. The minimum Gasteiger partial charge on any atom is -0.392 e. The molecule has 68 valence electrons. The first-order valence-electron chi connectivity index (χ1n) is 3.79. The molecule has 0 saturated carbocycles. The molecule has 0 spiro atoms. The molecule has 0 radical (unpaired) electrons. The molecular formula is C9H7Cl2NO. The van der Waals surface area contributed by atoms with Crippen molar-refractivity contribution in [3.8, 4) is 0 Å². The molecule has 0 aliphatic heterocycles. The molecule has 1 heterocycles. The van der Waals surface area contributed by atoms with Crippen LogP contribution in [0.15, 0.2) is 18.2 Å². The maximum atomic E-state index is 9.05. The van der Waals surface area contributed by atoms with Crippen LogP contribution in [-0.2, 0) is 6.61 Å². The van der Waals surface area contributed by atoms with E-state index >= 15 is 0 Å². The van der Waals surface area contributed by atoms with Gasteiger partial charge in [-0.05, 0) is 18.2 Å². The molecule has 0 aliphatic rings. The number of aromatic amines is 1. The van der Waals surface area contributed by atoms with Crippen LogP contribution in [0.3, 0.4) is 0 Å². The monoisotopic (exact) mass is 215 g/mol. The van der Waals surface area contributed by atoms with Crippen molar-refractivity contribution in [1.29, 1.82) is 0 Å². The molecule has 0 saturated heterocycles. The fourth-order valence-electron chi connectivity index (χ4n) is 1.34. The average molecular weight is 216 g/mol. The highest BCUT2D eigenvalue weighted by Crippen LogP contribution is 2.28. The summed E-state index contributed by atoms with van der Waals surface area (Å²) >= 11 is 11.7. The highest BCUT2D eigenvalue weighted by Gasteiger charge is 2.08. The van der Waals surface area contributed by atoms with Crippen molar-refractivity contribution < 1.29 is 5.11 Å². The zero-order valence-corrected chi connectivity index (χ0v) is 8.15. The molecule has 0 bridgehead atoms. The van der Waals surface area contributed by atoms with Crippen molar-refractivity contribution in [3.63, 3.8) is 0 Å². The lowest BCUT2D eigenvalue weighted by Crippen LogP contribution is -1.80. The van der Waals surface area contributed by atoms with Crippen LogP contribution < -0.4 is 0 Å². The second kappa shape index (κ2) is 3.22. The Bertz CT molecular complexity index is 450. The van der Waals surface area contributed by atoms with Crippen LogP contribution in [0, 0.1) is 0 Å². The SMILES string of the molecule is OCc1c(Cl)[nH]c2ccc(Cl)cc12. The molecule has 0 atom stereocenters. The molecule has 2 rings (SSSR count). The molecule has 0 unspecified atom stereocenters. The molecule has 2 aromatic rings. The van der Waals surface area contributed by atoms with Crippen molar-refractivity contribution in [2.75, 3.05) is 0 Å². The minimum atomic E-state index is -0.0842. The molecule has 0 fully saturated rings. The lowest BCUT2D eigenvalue weighted by molar-refractivity contribution is 0.283. The van der Waals surface area contributed by atoms with Crippen LogP contribution in [-0.4, -0.2) is 10.1 Å². The molecule has 0 amide bonds. The van der Waals surface area contributed by atoms with Crippen LogP contribution in [0.2, 0.25) is 10.2 Å². The Balaban J connectivity index is 2.80. The molecule has 1 aromatic carbocycles. The number of rotatable bonds is 1. The first-order chi connectivity index (χ1) is 6.22. The van der Waals surface area contributed by atoms with E-state index in [0.29, 0.717) is 15.7 Å². The van der Waals surface area contributed by atoms with Crippen molar-refractivity contribution in [2.24, 2.45) is 0 Å². The Kier molecular flexibility index (Phi) is 2.20. The Morgan fingerprint density at radius 1 is 1.31 bits per heavy atom. The topological polar surface area (TPSA) is 36.0 Å². The normalized spacial score (nSPS) is 11.0. The third kappa shape index (κ3) is 1.41. The molecule has 2 N–H and O–H groups in total. The third-order valence-electron chi connectivity index (χ3n) is 1.97. The molecule has 13 heavy (non-hydrogen) atoms. The molecule has 1 aromatic heterocycles. The lowest BCUT2D eigenvalue weighted by Gasteiger charge is -1.94.